The molecule has 0 saturated carbocycles. The molecule has 0 aliphatic rings. The molecule has 116 valence electrons. The summed E-state index contributed by atoms with van der Waals surface area (Å²) in [5.41, 5.74) is 3.33. The molecule has 6 heteroatoms. The Balaban J connectivity index is 2.22. The van der Waals surface area contributed by atoms with Crippen molar-refractivity contribution in [2.24, 2.45) is 4.99 Å². The van der Waals surface area contributed by atoms with Gasteiger partial charge in [0.2, 0.25) is 0 Å². The van der Waals surface area contributed by atoms with Crippen molar-refractivity contribution in [3.05, 3.63) is 49.4 Å². The van der Waals surface area contributed by atoms with E-state index in [2.05, 4.69) is 30.0 Å². The number of terminal acetylenes is 1. The Labute approximate surface area is 146 Å². The third kappa shape index (κ3) is 3.11. The van der Waals surface area contributed by atoms with Crippen molar-refractivity contribution in [2.75, 3.05) is 0 Å². The van der Waals surface area contributed by atoms with Crippen LogP contribution in [0, 0.1) is 26.2 Å². The molecule has 0 unspecified atom stereocenters. The molecule has 2 aromatic heterocycles. The zero-order chi connectivity index (χ0) is 16.6. The minimum Gasteiger partial charge on any atom is -0.305 e. The third-order valence-electron chi connectivity index (χ3n) is 3.34. The third-order valence-corrected chi connectivity index (χ3v) is 5.79. The second-order valence-electron chi connectivity index (χ2n) is 5.13. The van der Waals surface area contributed by atoms with Crippen LogP contribution in [0.25, 0.3) is 10.2 Å². The molecule has 0 aliphatic carbocycles. The second kappa shape index (κ2) is 6.32. The van der Waals surface area contributed by atoms with Gasteiger partial charge < -0.3 is 4.57 Å². The predicted molar refractivity (Wildman–Crippen MR) is 97.3 cm³/mol. The van der Waals surface area contributed by atoms with E-state index in [1.807, 2.05) is 11.5 Å². The molecule has 0 atom stereocenters. The van der Waals surface area contributed by atoms with Crippen LogP contribution in [0.3, 0.4) is 0 Å². The molecule has 0 spiro atoms. The van der Waals surface area contributed by atoms with Crippen LogP contribution in [0.1, 0.15) is 20.8 Å². The van der Waals surface area contributed by atoms with E-state index in [0.29, 0.717) is 20.6 Å². The van der Waals surface area contributed by atoms with E-state index in [1.165, 1.54) is 22.7 Å². The van der Waals surface area contributed by atoms with E-state index < -0.39 is 0 Å². The van der Waals surface area contributed by atoms with Crippen molar-refractivity contribution in [3.63, 3.8) is 0 Å². The Bertz CT molecular complexity index is 1020. The standard InChI is InChI=1S/C17H13ClN2OS2/c1-4-7-20-12-9-10(2)8-11(3)15(12)23-17(20)19-16(21)13-5-6-14(18)22-13/h1,5-6,8-9H,7H2,2-3H3. The quantitative estimate of drug-likeness (QED) is 0.623. The summed E-state index contributed by atoms with van der Waals surface area (Å²) in [6.07, 6.45) is 5.49. The molecule has 0 bridgehead atoms. The molecule has 23 heavy (non-hydrogen) atoms. The summed E-state index contributed by atoms with van der Waals surface area (Å²) in [6, 6.07) is 7.57. The molecule has 2 heterocycles. The predicted octanol–water partition coefficient (Wildman–Crippen LogP) is 4.41. The second-order valence-corrected chi connectivity index (χ2v) is 7.82. The lowest BCUT2D eigenvalue weighted by atomic mass is 10.1. The number of fused-ring (bicyclic) bond motifs is 1. The maximum Gasteiger partial charge on any atom is 0.289 e. The zero-order valence-corrected chi connectivity index (χ0v) is 15.0. The van der Waals surface area contributed by atoms with E-state index >= 15 is 0 Å². The lowest BCUT2D eigenvalue weighted by Crippen LogP contribution is -2.16. The van der Waals surface area contributed by atoms with Crippen LogP contribution in [0.2, 0.25) is 4.34 Å². The van der Waals surface area contributed by atoms with Crippen LogP contribution in [0.15, 0.2) is 29.3 Å². The van der Waals surface area contributed by atoms with Crippen molar-refractivity contribution >= 4 is 50.4 Å². The van der Waals surface area contributed by atoms with Crippen molar-refractivity contribution < 1.29 is 4.79 Å². The SMILES string of the molecule is C#CCn1c(=NC(=O)c2ccc(Cl)s2)sc2c(C)cc(C)cc21. The van der Waals surface area contributed by atoms with Crippen molar-refractivity contribution in [3.8, 4) is 12.3 Å². The molecule has 0 radical (unpaired) electrons. The lowest BCUT2D eigenvalue weighted by molar-refractivity contribution is 0.100. The Kier molecular flexibility index (Phi) is 4.40. The van der Waals surface area contributed by atoms with Gasteiger partial charge in [0, 0.05) is 0 Å². The van der Waals surface area contributed by atoms with Crippen LogP contribution < -0.4 is 4.80 Å². The summed E-state index contributed by atoms with van der Waals surface area (Å²) in [5.74, 6) is 2.34. The zero-order valence-electron chi connectivity index (χ0n) is 12.6. The fraction of sp³-hybridized carbons (Fsp3) is 0.176. The van der Waals surface area contributed by atoms with Crippen LogP contribution >= 0.6 is 34.3 Å². The summed E-state index contributed by atoms with van der Waals surface area (Å²) in [5, 5.41) is 0. The number of thiazole rings is 1. The average Bonchev–Trinajstić information content (AvgIpc) is 3.05. The van der Waals surface area contributed by atoms with Gasteiger partial charge in [0.25, 0.3) is 5.91 Å². The highest BCUT2D eigenvalue weighted by atomic mass is 35.5. The van der Waals surface area contributed by atoms with Gasteiger partial charge in [0.15, 0.2) is 4.80 Å². The highest BCUT2D eigenvalue weighted by molar-refractivity contribution is 7.18. The molecule has 3 rings (SSSR count). The number of thiophene rings is 1. The van der Waals surface area contributed by atoms with Gasteiger partial charge in [-0.25, -0.2) is 0 Å². The number of amides is 1. The van der Waals surface area contributed by atoms with Gasteiger partial charge in [-0.1, -0.05) is 34.9 Å². The van der Waals surface area contributed by atoms with Crippen LogP contribution in [0.4, 0.5) is 0 Å². The van der Waals surface area contributed by atoms with Crippen molar-refractivity contribution in [2.45, 2.75) is 20.4 Å². The Morgan fingerprint density at radius 2 is 2.13 bits per heavy atom. The molecule has 0 N–H and O–H groups in total. The number of aryl methyl sites for hydroxylation is 2. The number of nitrogens with zero attached hydrogens (tertiary/aromatic N) is 2. The topological polar surface area (TPSA) is 34.4 Å². The summed E-state index contributed by atoms with van der Waals surface area (Å²) in [7, 11) is 0. The van der Waals surface area contributed by atoms with E-state index in [1.54, 1.807) is 12.1 Å². The smallest absolute Gasteiger partial charge is 0.289 e. The van der Waals surface area contributed by atoms with Gasteiger partial charge in [-0.2, -0.15) is 4.99 Å². The molecule has 0 fully saturated rings. The average molecular weight is 361 g/mol. The van der Waals surface area contributed by atoms with Gasteiger partial charge >= 0.3 is 0 Å². The number of halogens is 1. The maximum absolute atomic E-state index is 12.3. The fourth-order valence-electron chi connectivity index (χ4n) is 2.41. The molecule has 3 aromatic rings. The number of carbonyl (C=O) groups excluding carboxylic acids is 1. The number of hydrogen-bond acceptors (Lipinski definition) is 3. The monoisotopic (exact) mass is 360 g/mol. The van der Waals surface area contributed by atoms with Gasteiger partial charge in [-0.15, -0.1) is 17.8 Å². The van der Waals surface area contributed by atoms with Gasteiger partial charge in [0.1, 0.15) is 0 Å². The summed E-state index contributed by atoms with van der Waals surface area (Å²) >= 11 is 8.59. The number of carbonyl (C=O) groups is 1. The van der Waals surface area contributed by atoms with Crippen molar-refractivity contribution in [1.82, 2.24) is 4.57 Å². The number of aromatic nitrogens is 1. The van der Waals surface area contributed by atoms with Crippen LogP contribution in [0.5, 0.6) is 0 Å². The van der Waals surface area contributed by atoms with E-state index in [0.717, 1.165) is 21.3 Å². The molecular formula is C17H13ClN2OS2. The lowest BCUT2D eigenvalue weighted by Gasteiger charge is -2.02. The Hall–Kier alpha value is -1.87. The Morgan fingerprint density at radius 3 is 2.78 bits per heavy atom. The molecule has 1 aromatic carbocycles. The molecule has 0 saturated heterocycles. The largest absolute Gasteiger partial charge is 0.305 e. The van der Waals surface area contributed by atoms with Gasteiger partial charge in [0.05, 0.1) is 26.0 Å². The van der Waals surface area contributed by atoms with Crippen molar-refractivity contribution in [1.29, 1.82) is 0 Å². The molecular weight excluding hydrogens is 348 g/mol. The normalized spacial score (nSPS) is 11.8. The van der Waals surface area contributed by atoms with Gasteiger partial charge in [-0.05, 0) is 43.2 Å². The first-order valence-electron chi connectivity index (χ1n) is 6.88. The molecule has 1 amide bonds. The first kappa shape index (κ1) is 16.0. The number of rotatable bonds is 2. The minimum absolute atomic E-state index is 0.298. The summed E-state index contributed by atoms with van der Waals surface area (Å²) in [4.78, 5) is 17.7. The summed E-state index contributed by atoms with van der Waals surface area (Å²) < 4.78 is 3.58. The molecule has 0 aliphatic heterocycles. The molecule has 3 nitrogen and oxygen atoms in total. The first-order chi connectivity index (χ1) is 11.0. The highest BCUT2D eigenvalue weighted by Crippen LogP contribution is 2.24. The minimum atomic E-state index is -0.298. The fourth-order valence-corrected chi connectivity index (χ4v) is 4.42. The first-order valence-corrected chi connectivity index (χ1v) is 8.89. The number of benzene rings is 1. The Morgan fingerprint density at radius 1 is 1.35 bits per heavy atom. The number of hydrogen-bond donors (Lipinski definition) is 0. The van der Waals surface area contributed by atoms with E-state index in [4.69, 9.17) is 18.0 Å². The highest BCUT2D eigenvalue weighted by Gasteiger charge is 2.12. The van der Waals surface area contributed by atoms with Crippen LogP contribution in [-0.4, -0.2) is 10.5 Å². The maximum atomic E-state index is 12.3. The van der Waals surface area contributed by atoms with E-state index in [9.17, 15) is 4.79 Å². The van der Waals surface area contributed by atoms with E-state index in [-0.39, 0.29) is 5.91 Å². The summed E-state index contributed by atoms with van der Waals surface area (Å²) in [6.45, 7) is 4.47. The van der Waals surface area contributed by atoms with Crippen LogP contribution in [-0.2, 0) is 6.54 Å². The van der Waals surface area contributed by atoms with Gasteiger partial charge in [-0.3, -0.25) is 4.79 Å².